The maximum atomic E-state index is 12.5. The quantitative estimate of drug-likeness (QED) is 0.896. The Labute approximate surface area is 147 Å². The molecule has 2 heterocycles. The van der Waals surface area contributed by atoms with Crippen LogP contribution < -0.4 is 10.6 Å². The Balaban J connectivity index is 1.48. The molecule has 0 radical (unpaired) electrons. The van der Waals surface area contributed by atoms with Gasteiger partial charge in [0, 0.05) is 41.1 Å². The van der Waals surface area contributed by atoms with Gasteiger partial charge in [0.15, 0.2) is 0 Å². The summed E-state index contributed by atoms with van der Waals surface area (Å²) >= 11 is 0. The van der Waals surface area contributed by atoms with Crippen molar-refractivity contribution >= 4 is 22.6 Å². The van der Waals surface area contributed by atoms with Gasteiger partial charge in [-0.1, -0.05) is 13.8 Å². The number of fused-ring (bicyclic) bond motifs is 2. The molecule has 2 N–H and O–H groups in total. The predicted octanol–water partition coefficient (Wildman–Crippen LogP) is 3.55. The molecule has 1 aliphatic heterocycles. The highest BCUT2D eigenvalue weighted by Crippen LogP contribution is 2.52. The zero-order chi connectivity index (χ0) is 17.8. The molecule has 4 rings (SSSR count). The van der Waals surface area contributed by atoms with Crippen LogP contribution in [-0.2, 0) is 4.74 Å². The minimum absolute atomic E-state index is 0.0152. The third-order valence-corrected chi connectivity index (χ3v) is 5.73. The second kappa shape index (κ2) is 5.73. The number of amides is 2. The average Bonchev–Trinajstić information content (AvgIpc) is 3.18. The SMILES string of the molecule is CC(C)n1ncc2ccc(NC(=O)N[C@@H]3[C@@H]4CCO[C@H]4C3(C)C)cc21. The lowest BCUT2D eigenvalue weighted by Gasteiger charge is -2.54. The molecule has 0 bridgehead atoms. The number of ether oxygens (including phenoxy) is 1. The maximum absolute atomic E-state index is 12.5. The van der Waals surface area contributed by atoms with E-state index < -0.39 is 0 Å². The van der Waals surface area contributed by atoms with Crippen LogP contribution in [0.1, 0.15) is 40.2 Å². The summed E-state index contributed by atoms with van der Waals surface area (Å²) in [5, 5.41) is 11.6. The molecule has 0 spiro atoms. The number of hydrogen-bond acceptors (Lipinski definition) is 3. The van der Waals surface area contributed by atoms with Crippen molar-refractivity contribution in [3.63, 3.8) is 0 Å². The molecule has 1 saturated carbocycles. The highest BCUT2D eigenvalue weighted by Gasteiger charge is 2.59. The summed E-state index contributed by atoms with van der Waals surface area (Å²) in [7, 11) is 0. The molecule has 0 unspecified atom stereocenters. The zero-order valence-electron chi connectivity index (χ0n) is 15.2. The molecule has 3 atom stereocenters. The average molecular weight is 342 g/mol. The van der Waals surface area contributed by atoms with Crippen LogP contribution in [0.5, 0.6) is 0 Å². The summed E-state index contributed by atoms with van der Waals surface area (Å²) in [6.07, 6.45) is 3.16. The molecule has 2 aromatic rings. The summed E-state index contributed by atoms with van der Waals surface area (Å²) in [6.45, 7) is 9.32. The predicted molar refractivity (Wildman–Crippen MR) is 97.7 cm³/mol. The van der Waals surface area contributed by atoms with Gasteiger partial charge < -0.3 is 15.4 Å². The van der Waals surface area contributed by atoms with Crippen molar-refractivity contribution in [2.75, 3.05) is 11.9 Å². The number of carbonyl (C=O) groups excluding carboxylic acids is 1. The topological polar surface area (TPSA) is 68.2 Å². The Morgan fingerprint density at radius 2 is 2.20 bits per heavy atom. The molecule has 2 fully saturated rings. The Hall–Kier alpha value is -2.08. The smallest absolute Gasteiger partial charge is 0.319 e. The molecule has 6 heteroatoms. The van der Waals surface area contributed by atoms with Gasteiger partial charge in [0.1, 0.15) is 0 Å². The van der Waals surface area contributed by atoms with E-state index >= 15 is 0 Å². The van der Waals surface area contributed by atoms with E-state index in [1.165, 1.54) is 0 Å². The number of carbonyl (C=O) groups is 1. The van der Waals surface area contributed by atoms with Gasteiger partial charge in [-0.15, -0.1) is 0 Å². The summed E-state index contributed by atoms with van der Waals surface area (Å²) in [6, 6.07) is 6.17. The molecule has 25 heavy (non-hydrogen) atoms. The Morgan fingerprint density at radius 3 is 2.96 bits per heavy atom. The van der Waals surface area contributed by atoms with Crippen molar-refractivity contribution in [1.82, 2.24) is 15.1 Å². The van der Waals surface area contributed by atoms with Gasteiger partial charge in [-0.3, -0.25) is 4.68 Å². The van der Waals surface area contributed by atoms with Crippen molar-refractivity contribution in [3.8, 4) is 0 Å². The van der Waals surface area contributed by atoms with Gasteiger partial charge in [-0.2, -0.15) is 5.10 Å². The summed E-state index contributed by atoms with van der Waals surface area (Å²) < 4.78 is 7.76. The summed E-state index contributed by atoms with van der Waals surface area (Å²) in [5.74, 6) is 0.436. The number of urea groups is 1. The monoisotopic (exact) mass is 342 g/mol. The fourth-order valence-electron chi connectivity index (χ4n) is 4.45. The normalized spacial score (nSPS) is 27.2. The van der Waals surface area contributed by atoms with E-state index in [-0.39, 0.29) is 29.6 Å². The molecule has 2 amide bonds. The third-order valence-electron chi connectivity index (χ3n) is 5.73. The molecule has 1 aromatic heterocycles. The molecule has 6 nitrogen and oxygen atoms in total. The molecule has 1 aliphatic carbocycles. The first kappa shape index (κ1) is 16.4. The van der Waals surface area contributed by atoms with Gasteiger partial charge in [-0.05, 0) is 38.5 Å². The van der Waals surface area contributed by atoms with Crippen LogP contribution in [-0.4, -0.2) is 34.6 Å². The first-order chi connectivity index (χ1) is 11.9. The number of benzene rings is 1. The Kier molecular flexibility index (Phi) is 3.76. The number of nitrogens with one attached hydrogen (secondary N) is 2. The van der Waals surface area contributed by atoms with Crippen molar-refractivity contribution in [2.24, 2.45) is 11.3 Å². The van der Waals surface area contributed by atoms with E-state index in [4.69, 9.17) is 4.74 Å². The van der Waals surface area contributed by atoms with Crippen LogP contribution >= 0.6 is 0 Å². The number of hydrogen-bond donors (Lipinski definition) is 2. The van der Waals surface area contributed by atoms with Crippen molar-refractivity contribution in [1.29, 1.82) is 0 Å². The first-order valence-corrected chi connectivity index (χ1v) is 9.04. The minimum atomic E-state index is -0.154. The molecule has 1 saturated heterocycles. The summed E-state index contributed by atoms with van der Waals surface area (Å²) in [4.78, 5) is 12.5. The lowest BCUT2D eigenvalue weighted by Crippen LogP contribution is -2.67. The lowest BCUT2D eigenvalue weighted by atomic mass is 9.57. The van der Waals surface area contributed by atoms with Crippen molar-refractivity contribution in [3.05, 3.63) is 24.4 Å². The van der Waals surface area contributed by atoms with E-state index in [2.05, 4.69) is 43.4 Å². The molecular formula is C19H26N4O2. The largest absolute Gasteiger partial charge is 0.377 e. The van der Waals surface area contributed by atoms with Crippen LogP contribution in [0.4, 0.5) is 10.5 Å². The Bertz CT molecular complexity index is 811. The van der Waals surface area contributed by atoms with Gasteiger partial charge in [0.25, 0.3) is 0 Å². The van der Waals surface area contributed by atoms with Crippen LogP contribution in [0.15, 0.2) is 24.4 Å². The molecule has 1 aromatic carbocycles. The second-order valence-corrected chi connectivity index (χ2v) is 8.10. The van der Waals surface area contributed by atoms with E-state index in [0.717, 1.165) is 29.6 Å². The maximum Gasteiger partial charge on any atom is 0.319 e. The standard InChI is InChI=1S/C19H26N4O2/c1-11(2)23-15-9-13(6-5-12(15)10-20-23)21-18(24)22-16-14-7-8-25-17(14)19(16,3)4/h5-6,9-11,14,16-17H,7-8H2,1-4H3,(H2,21,22,24)/t14-,16+,17+/m0/s1. The number of nitrogens with zero attached hydrogens (tertiary/aromatic N) is 2. The van der Waals surface area contributed by atoms with Crippen LogP contribution in [0.2, 0.25) is 0 Å². The van der Waals surface area contributed by atoms with Gasteiger partial charge >= 0.3 is 6.03 Å². The minimum Gasteiger partial charge on any atom is -0.377 e. The second-order valence-electron chi connectivity index (χ2n) is 8.10. The fourth-order valence-corrected chi connectivity index (χ4v) is 4.45. The molecule has 134 valence electrons. The van der Waals surface area contributed by atoms with E-state index in [0.29, 0.717) is 5.92 Å². The number of rotatable bonds is 3. The molecular weight excluding hydrogens is 316 g/mol. The summed E-state index contributed by atoms with van der Waals surface area (Å²) in [5.41, 5.74) is 1.79. The van der Waals surface area contributed by atoms with Gasteiger partial charge in [0.2, 0.25) is 0 Å². The highest BCUT2D eigenvalue weighted by atomic mass is 16.5. The Morgan fingerprint density at radius 1 is 1.40 bits per heavy atom. The van der Waals surface area contributed by atoms with E-state index in [9.17, 15) is 4.79 Å². The van der Waals surface area contributed by atoms with E-state index in [1.807, 2.05) is 29.1 Å². The van der Waals surface area contributed by atoms with Gasteiger partial charge in [0.05, 0.1) is 17.8 Å². The lowest BCUT2D eigenvalue weighted by molar-refractivity contribution is -0.107. The fraction of sp³-hybridized carbons (Fsp3) is 0.579. The van der Waals surface area contributed by atoms with Crippen LogP contribution in [0, 0.1) is 11.3 Å². The number of anilines is 1. The van der Waals surface area contributed by atoms with Crippen molar-refractivity contribution in [2.45, 2.75) is 52.3 Å². The number of aromatic nitrogens is 2. The van der Waals surface area contributed by atoms with E-state index in [1.54, 1.807) is 0 Å². The van der Waals surface area contributed by atoms with Crippen LogP contribution in [0.3, 0.4) is 0 Å². The van der Waals surface area contributed by atoms with Crippen molar-refractivity contribution < 1.29 is 9.53 Å². The zero-order valence-corrected chi connectivity index (χ0v) is 15.2. The van der Waals surface area contributed by atoms with Crippen LogP contribution in [0.25, 0.3) is 10.9 Å². The third kappa shape index (κ3) is 2.59. The van der Waals surface area contributed by atoms with Gasteiger partial charge in [-0.25, -0.2) is 4.79 Å². The highest BCUT2D eigenvalue weighted by molar-refractivity contribution is 5.92. The molecule has 2 aliphatic rings. The first-order valence-electron chi connectivity index (χ1n) is 9.04.